The number of alkyl halides is 3. The number of carbonyl (C=O) groups is 1. The number of nitrogens with zero attached hydrogens (tertiary/aromatic N) is 5. The summed E-state index contributed by atoms with van der Waals surface area (Å²) < 4.78 is 39.2. The van der Waals surface area contributed by atoms with Gasteiger partial charge < -0.3 is 4.90 Å². The van der Waals surface area contributed by atoms with Crippen molar-refractivity contribution < 1.29 is 18.0 Å². The summed E-state index contributed by atoms with van der Waals surface area (Å²) in [5.74, 6) is 0.437. The highest BCUT2D eigenvalue weighted by molar-refractivity contribution is 5.88. The number of likely N-dealkylation sites (tertiary alicyclic amines) is 1. The van der Waals surface area contributed by atoms with Gasteiger partial charge in [0, 0.05) is 32.0 Å². The minimum atomic E-state index is -4.55. The van der Waals surface area contributed by atoms with Crippen molar-refractivity contribution >= 4 is 11.8 Å². The van der Waals surface area contributed by atoms with E-state index in [0.29, 0.717) is 19.0 Å². The Morgan fingerprint density at radius 2 is 2.00 bits per heavy atom. The van der Waals surface area contributed by atoms with E-state index in [-0.39, 0.29) is 11.8 Å². The Hall–Kier alpha value is -2.65. The van der Waals surface area contributed by atoms with Crippen molar-refractivity contribution in [3.05, 3.63) is 36.3 Å². The molecule has 25 heavy (non-hydrogen) atoms. The van der Waals surface area contributed by atoms with Crippen LogP contribution in [0.3, 0.4) is 0 Å². The van der Waals surface area contributed by atoms with E-state index in [1.165, 1.54) is 0 Å². The standard InChI is InChI=1S/C15H17F3N6O/c16-15(17,18)12-2-3-13(22-21-12)20-14(25)23-8-4-11(5-9-23)10-24-7-1-6-19-24/h1-3,6-7,11H,4-5,8-10H2,(H,20,22,25). The number of amides is 2. The van der Waals surface area contributed by atoms with Crippen LogP contribution in [0.2, 0.25) is 0 Å². The molecule has 2 amide bonds. The molecule has 134 valence electrons. The van der Waals surface area contributed by atoms with Crippen molar-refractivity contribution in [3.8, 4) is 0 Å². The van der Waals surface area contributed by atoms with Crippen LogP contribution in [0.15, 0.2) is 30.6 Å². The normalized spacial score (nSPS) is 16.0. The van der Waals surface area contributed by atoms with Gasteiger partial charge in [-0.15, -0.1) is 10.2 Å². The highest BCUT2D eigenvalue weighted by Gasteiger charge is 2.33. The first-order valence-electron chi connectivity index (χ1n) is 7.86. The Kier molecular flexibility index (Phi) is 4.86. The number of hydrogen-bond acceptors (Lipinski definition) is 4. The molecule has 1 saturated heterocycles. The van der Waals surface area contributed by atoms with Gasteiger partial charge in [0.2, 0.25) is 0 Å². The van der Waals surface area contributed by atoms with Crippen LogP contribution in [0, 0.1) is 5.92 Å². The summed E-state index contributed by atoms with van der Waals surface area (Å²) >= 11 is 0. The first-order chi connectivity index (χ1) is 11.9. The predicted octanol–water partition coefficient (Wildman–Crippen LogP) is 2.64. The van der Waals surface area contributed by atoms with Crippen LogP contribution in [0.4, 0.5) is 23.8 Å². The average molecular weight is 354 g/mol. The molecular weight excluding hydrogens is 337 g/mol. The molecule has 0 aromatic carbocycles. The topological polar surface area (TPSA) is 75.9 Å². The summed E-state index contributed by atoms with van der Waals surface area (Å²) in [7, 11) is 0. The van der Waals surface area contributed by atoms with E-state index < -0.39 is 11.9 Å². The fourth-order valence-electron chi connectivity index (χ4n) is 2.73. The van der Waals surface area contributed by atoms with E-state index in [1.807, 2.05) is 16.9 Å². The number of urea groups is 1. The van der Waals surface area contributed by atoms with Gasteiger partial charge in [-0.2, -0.15) is 18.3 Å². The average Bonchev–Trinajstić information content (AvgIpc) is 3.08. The third kappa shape index (κ3) is 4.46. The third-order valence-corrected chi connectivity index (χ3v) is 4.10. The second-order valence-corrected chi connectivity index (χ2v) is 5.89. The van der Waals surface area contributed by atoms with E-state index in [4.69, 9.17) is 0 Å². The summed E-state index contributed by atoms with van der Waals surface area (Å²) in [6.07, 6.45) is 0.764. The summed E-state index contributed by atoms with van der Waals surface area (Å²) in [5, 5.41) is 13.1. The van der Waals surface area contributed by atoms with Crippen LogP contribution in [-0.4, -0.2) is 44.0 Å². The number of nitrogens with one attached hydrogen (secondary N) is 1. The minimum absolute atomic E-state index is 0.00309. The highest BCUT2D eigenvalue weighted by atomic mass is 19.4. The fraction of sp³-hybridized carbons (Fsp3) is 0.467. The second kappa shape index (κ2) is 7.08. The quantitative estimate of drug-likeness (QED) is 0.919. The minimum Gasteiger partial charge on any atom is -0.324 e. The van der Waals surface area contributed by atoms with Crippen LogP contribution in [0.5, 0.6) is 0 Å². The number of rotatable bonds is 3. The second-order valence-electron chi connectivity index (χ2n) is 5.89. The molecule has 1 fully saturated rings. The van der Waals surface area contributed by atoms with Gasteiger partial charge in [0.1, 0.15) is 0 Å². The van der Waals surface area contributed by atoms with Crippen molar-refractivity contribution in [2.75, 3.05) is 18.4 Å². The van der Waals surface area contributed by atoms with E-state index >= 15 is 0 Å². The zero-order valence-electron chi connectivity index (χ0n) is 13.3. The molecule has 3 rings (SSSR count). The molecule has 10 heteroatoms. The zero-order chi connectivity index (χ0) is 17.9. The molecule has 0 saturated carbocycles. The molecule has 0 unspecified atom stereocenters. The Bertz CT molecular complexity index is 693. The molecule has 1 N–H and O–H groups in total. The summed E-state index contributed by atoms with van der Waals surface area (Å²) in [5.41, 5.74) is -1.09. The maximum Gasteiger partial charge on any atom is 0.435 e. The number of anilines is 1. The number of carbonyl (C=O) groups excluding carboxylic acids is 1. The largest absolute Gasteiger partial charge is 0.435 e. The molecule has 1 aliphatic rings. The van der Waals surface area contributed by atoms with Crippen LogP contribution in [0.25, 0.3) is 0 Å². The molecule has 0 atom stereocenters. The molecule has 0 bridgehead atoms. The molecule has 2 aromatic rings. The SMILES string of the molecule is O=C(Nc1ccc(C(F)(F)F)nn1)N1CCC(Cn2cccn2)CC1. The van der Waals surface area contributed by atoms with E-state index in [0.717, 1.165) is 31.5 Å². The molecule has 7 nitrogen and oxygen atoms in total. The number of halogens is 3. The fourth-order valence-corrected chi connectivity index (χ4v) is 2.73. The van der Waals surface area contributed by atoms with Gasteiger partial charge in [0.05, 0.1) is 0 Å². The van der Waals surface area contributed by atoms with Gasteiger partial charge in [-0.3, -0.25) is 10.00 Å². The van der Waals surface area contributed by atoms with Gasteiger partial charge >= 0.3 is 12.2 Å². The van der Waals surface area contributed by atoms with E-state index in [9.17, 15) is 18.0 Å². The Balaban J connectivity index is 1.49. The van der Waals surface area contributed by atoms with Crippen LogP contribution >= 0.6 is 0 Å². The first-order valence-corrected chi connectivity index (χ1v) is 7.86. The van der Waals surface area contributed by atoms with Crippen molar-refractivity contribution in [2.24, 2.45) is 5.92 Å². The maximum absolute atomic E-state index is 12.4. The molecule has 0 aliphatic carbocycles. The van der Waals surface area contributed by atoms with Crippen molar-refractivity contribution in [2.45, 2.75) is 25.6 Å². The number of hydrogen-bond donors (Lipinski definition) is 1. The monoisotopic (exact) mass is 354 g/mol. The van der Waals surface area contributed by atoms with Crippen LogP contribution in [-0.2, 0) is 12.7 Å². The maximum atomic E-state index is 12.4. The van der Waals surface area contributed by atoms with E-state index in [1.54, 1.807) is 11.1 Å². The van der Waals surface area contributed by atoms with Gasteiger partial charge in [0.25, 0.3) is 0 Å². The van der Waals surface area contributed by atoms with Crippen molar-refractivity contribution in [3.63, 3.8) is 0 Å². The van der Waals surface area contributed by atoms with Crippen molar-refractivity contribution in [1.82, 2.24) is 24.9 Å². The van der Waals surface area contributed by atoms with Gasteiger partial charge in [-0.1, -0.05) is 0 Å². The first kappa shape index (κ1) is 17.2. The molecule has 1 aliphatic heterocycles. The Morgan fingerprint density at radius 1 is 1.24 bits per heavy atom. The molecule has 2 aromatic heterocycles. The smallest absolute Gasteiger partial charge is 0.324 e. The number of piperidine rings is 1. The Morgan fingerprint density at radius 3 is 2.56 bits per heavy atom. The van der Waals surface area contributed by atoms with Gasteiger partial charge in [0.15, 0.2) is 11.5 Å². The van der Waals surface area contributed by atoms with Gasteiger partial charge in [-0.05, 0) is 37.0 Å². The summed E-state index contributed by atoms with van der Waals surface area (Å²) in [6, 6.07) is 3.37. The molecule has 0 radical (unpaired) electrons. The summed E-state index contributed by atoms with van der Waals surface area (Å²) in [4.78, 5) is 13.8. The lowest BCUT2D eigenvalue weighted by atomic mass is 9.97. The van der Waals surface area contributed by atoms with Crippen LogP contribution in [0.1, 0.15) is 18.5 Å². The molecular formula is C15H17F3N6O. The summed E-state index contributed by atoms with van der Waals surface area (Å²) in [6.45, 7) is 1.96. The predicted molar refractivity (Wildman–Crippen MR) is 82.6 cm³/mol. The Labute approximate surface area is 141 Å². The zero-order valence-corrected chi connectivity index (χ0v) is 13.3. The number of aromatic nitrogens is 4. The van der Waals surface area contributed by atoms with E-state index in [2.05, 4.69) is 20.6 Å². The molecule has 0 spiro atoms. The van der Waals surface area contributed by atoms with Crippen LogP contribution < -0.4 is 5.32 Å². The highest BCUT2D eigenvalue weighted by Crippen LogP contribution is 2.27. The lowest BCUT2D eigenvalue weighted by Crippen LogP contribution is -2.41. The third-order valence-electron chi connectivity index (χ3n) is 4.10. The van der Waals surface area contributed by atoms with Gasteiger partial charge in [-0.25, -0.2) is 4.79 Å². The lowest BCUT2D eigenvalue weighted by Gasteiger charge is -2.31. The van der Waals surface area contributed by atoms with Crippen molar-refractivity contribution in [1.29, 1.82) is 0 Å². The lowest BCUT2D eigenvalue weighted by molar-refractivity contribution is -0.141. The molecule has 3 heterocycles.